The Morgan fingerprint density at radius 1 is 1.39 bits per heavy atom. The van der Waals surface area contributed by atoms with Crippen LogP contribution in [0.1, 0.15) is 37.5 Å². The minimum Gasteiger partial charge on any atom is -0.317 e. The summed E-state index contributed by atoms with van der Waals surface area (Å²) >= 11 is 5.35. The average Bonchev–Trinajstić information content (AvgIpc) is 2.77. The molecule has 0 atom stereocenters. The maximum Gasteiger partial charge on any atom is 0.0701 e. The van der Waals surface area contributed by atoms with Crippen LogP contribution in [0.25, 0.3) is 0 Å². The molecule has 0 aromatic carbocycles. The van der Waals surface area contributed by atoms with E-state index < -0.39 is 0 Å². The van der Waals surface area contributed by atoms with E-state index in [-0.39, 0.29) is 0 Å². The fourth-order valence-corrected chi connectivity index (χ4v) is 4.35. The minimum absolute atomic E-state index is 0.536. The first kappa shape index (κ1) is 14.5. The Bertz CT molecular complexity index is 353. The summed E-state index contributed by atoms with van der Waals surface area (Å²) in [5, 5.41) is 7.15. The lowest BCUT2D eigenvalue weighted by Crippen LogP contribution is -2.43. The lowest BCUT2D eigenvalue weighted by molar-refractivity contribution is 0.176. The van der Waals surface area contributed by atoms with Gasteiger partial charge >= 0.3 is 0 Å². The number of hydrogen-bond acceptors (Lipinski definition) is 3. The fraction of sp³-hybridized carbons (Fsp3) is 0.714. The van der Waals surface area contributed by atoms with Gasteiger partial charge in [-0.15, -0.1) is 11.3 Å². The molecule has 2 N–H and O–H groups in total. The number of hydrogen-bond donors (Lipinski definition) is 2. The standard InChI is InChI=1S/C14H23BrN2S/c1-2-5-14(6-8-16-9-7-14)11-17-10-12-3-4-13(15)18-12/h3-4,16-17H,2,5-11H2,1H3. The number of piperidine rings is 1. The SMILES string of the molecule is CCCC1(CNCc2ccc(Br)s2)CCNCC1. The summed E-state index contributed by atoms with van der Waals surface area (Å²) in [7, 11) is 0. The molecule has 0 bridgehead atoms. The van der Waals surface area contributed by atoms with Crippen molar-refractivity contribution in [2.24, 2.45) is 5.41 Å². The Morgan fingerprint density at radius 2 is 2.17 bits per heavy atom. The second-order valence-corrected chi connectivity index (χ2v) is 7.86. The van der Waals surface area contributed by atoms with Crippen molar-refractivity contribution in [2.75, 3.05) is 19.6 Å². The molecule has 0 amide bonds. The maximum atomic E-state index is 3.67. The molecule has 1 aromatic rings. The van der Waals surface area contributed by atoms with Crippen molar-refractivity contribution in [1.29, 1.82) is 0 Å². The van der Waals surface area contributed by atoms with Gasteiger partial charge in [-0.2, -0.15) is 0 Å². The normalized spacial score (nSPS) is 19.0. The maximum absolute atomic E-state index is 3.67. The smallest absolute Gasteiger partial charge is 0.0701 e. The van der Waals surface area contributed by atoms with Crippen molar-refractivity contribution in [3.63, 3.8) is 0 Å². The van der Waals surface area contributed by atoms with Crippen LogP contribution in [0, 0.1) is 5.41 Å². The van der Waals surface area contributed by atoms with Crippen molar-refractivity contribution in [2.45, 2.75) is 39.2 Å². The lowest BCUT2D eigenvalue weighted by Gasteiger charge is -2.38. The van der Waals surface area contributed by atoms with Gasteiger partial charge in [0.2, 0.25) is 0 Å². The van der Waals surface area contributed by atoms with Crippen molar-refractivity contribution in [1.82, 2.24) is 10.6 Å². The molecule has 4 heteroatoms. The summed E-state index contributed by atoms with van der Waals surface area (Å²) in [6.45, 7) is 6.85. The fourth-order valence-electron chi connectivity index (χ4n) is 2.90. The quantitative estimate of drug-likeness (QED) is 0.829. The molecule has 1 aliphatic rings. The van der Waals surface area contributed by atoms with E-state index in [9.17, 15) is 0 Å². The highest BCUT2D eigenvalue weighted by Crippen LogP contribution is 2.33. The van der Waals surface area contributed by atoms with E-state index in [1.165, 1.54) is 47.4 Å². The number of halogens is 1. The zero-order valence-electron chi connectivity index (χ0n) is 11.1. The third-order valence-electron chi connectivity index (χ3n) is 3.87. The van der Waals surface area contributed by atoms with Crippen molar-refractivity contribution >= 4 is 27.3 Å². The highest BCUT2D eigenvalue weighted by Gasteiger charge is 2.30. The molecular weight excluding hydrogens is 308 g/mol. The number of thiophene rings is 1. The van der Waals surface area contributed by atoms with Crippen LogP contribution in [-0.4, -0.2) is 19.6 Å². The van der Waals surface area contributed by atoms with Crippen LogP contribution in [0.15, 0.2) is 15.9 Å². The molecule has 2 rings (SSSR count). The van der Waals surface area contributed by atoms with Crippen LogP contribution >= 0.6 is 27.3 Å². The number of nitrogens with one attached hydrogen (secondary N) is 2. The molecule has 18 heavy (non-hydrogen) atoms. The Hall–Kier alpha value is 0.1000. The molecule has 0 unspecified atom stereocenters. The molecule has 0 saturated carbocycles. The van der Waals surface area contributed by atoms with Gasteiger partial charge in [0.15, 0.2) is 0 Å². The molecule has 1 aliphatic heterocycles. The van der Waals surface area contributed by atoms with E-state index in [1.54, 1.807) is 0 Å². The summed E-state index contributed by atoms with van der Waals surface area (Å²) in [4.78, 5) is 1.42. The first-order valence-corrected chi connectivity index (χ1v) is 8.51. The Kier molecular flexibility index (Phi) is 5.67. The zero-order valence-corrected chi connectivity index (χ0v) is 13.5. The van der Waals surface area contributed by atoms with Gasteiger partial charge in [-0.3, -0.25) is 0 Å². The van der Waals surface area contributed by atoms with Crippen molar-refractivity contribution in [3.8, 4) is 0 Å². The molecule has 1 aromatic heterocycles. The van der Waals surface area contributed by atoms with Gasteiger partial charge < -0.3 is 10.6 Å². The van der Waals surface area contributed by atoms with Gasteiger partial charge in [0.1, 0.15) is 0 Å². The summed E-state index contributed by atoms with van der Waals surface area (Å²) in [5.41, 5.74) is 0.536. The molecular formula is C14H23BrN2S. The Labute approximate surface area is 123 Å². The minimum atomic E-state index is 0.536. The van der Waals surface area contributed by atoms with Crippen molar-refractivity contribution < 1.29 is 0 Å². The molecule has 2 nitrogen and oxygen atoms in total. The van der Waals surface area contributed by atoms with Crippen LogP contribution < -0.4 is 10.6 Å². The van der Waals surface area contributed by atoms with Gasteiger partial charge in [-0.1, -0.05) is 13.3 Å². The monoisotopic (exact) mass is 330 g/mol. The van der Waals surface area contributed by atoms with Gasteiger partial charge in [-0.05, 0) is 65.8 Å². The predicted molar refractivity (Wildman–Crippen MR) is 83.2 cm³/mol. The first-order chi connectivity index (χ1) is 8.74. The van der Waals surface area contributed by atoms with Crippen LogP contribution in [0.5, 0.6) is 0 Å². The van der Waals surface area contributed by atoms with Crippen LogP contribution in [-0.2, 0) is 6.54 Å². The summed E-state index contributed by atoms with van der Waals surface area (Å²) < 4.78 is 1.23. The third-order valence-corrected chi connectivity index (χ3v) is 5.50. The predicted octanol–water partition coefficient (Wildman–Crippen LogP) is 3.77. The second-order valence-electron chi connectivity index (χ2n) is 5.31. The van der Waals surface area contributed by atoms with Crippen molar-refractivity contribution in [3.05, 3.63) is 20.8 Å². The van der Waals surface area contributed by atoms with E-state index in [0.29, 0.717) is 5.41 Å². The second kappa shape index (κ2) is 7.04. The molecule has 0 radical (unpaired) electrons. The van der Waals surface area contributed by atoms with E-state index in [0.717, 1.165) is 13.1 Å². The molecule has 1 fully saturated rings. The van der Waals surface area contributed by atoms with Crippen LogP contribution in [0.4, 0.5) is 0 Å². The van der Waals surface area contributed by atoms with E-state index in [2.05, 4.69) is 45.6 Å². The summed E-state index contributed by atoms with van der Waals surface area (Å²) in [6, 6.07) is 4.34. The Morgan fingerprint density at radius 3 is 2.78 bits per heavy atom. The van der Waals surface area contributed by atoms with E-state index in [1.807, 2.05) is 11.3 Å². The molecule has 2 heterocycles. The van der Waals surface area contributed by atoms with Gasteiger partial charge in [0.25, 0.3) is 0 Å². The highest BCUT2D eigenvalue weighted by atomic mass is 79.9. The topological polar surface area (TPSA) is 24.1 Å². The molecule has 0 aliphatic carbocycles. The van der Waals surface area contributed by atoms with Crippen LogP contribution in [0.2, 0.25) is 0 Å². The highest BCUT2D eigenvalue weighted by molar-refractivity contribution is 9.11. The first-order valence-electron chi connectivity index (χ1n) is 6.90. The summed E-state index contributed by atoms with van der Waals surface area (Å²) in [5.74, 6) is 0. The lowest BCUT2D eigenvalue weighted by atomic mass is 9.75. The average molecular weight is 331 g/mol. The van der Waals surface area contributed by atoms with Gasteiger partial charge in [-0.25, -0.2) is 0 Å². The Balaban J connectivity index is 1.82. The largest absolute Gasteiger partial charge is 0.317 e. The summed E-state index contributed by atoms with van der Waals surface area (Å²) in [6.07, 6.45) is 5.30. The van der Waals surface area contributed by atoms with E-state index >= 15 is 0 Å². The number of rotatable bonds is 6. The molecule has 102 valence electrons. The van der Waals surface area contributed by atoms with Crippen LogP contribution in [0.3, 0.4) is 0 Å². The molecule has 0 spiro atoms. The van der Waals surface area contributed by atoms with Gasteiger partial charge in [0.05, 0.1) is 3.79 Å². The third kappa shape index (κ3) is 4.05. The molecule has 1 saturated heterocycles. The zero-order chi connectivity index (χ0) is 12.8. The van der Waals surface area contributed by atoms with Gasteiger partial charge in [0, 0.05) is 18.0 Å². The van der Waals surface area contributed by atoms with E-state index in [4.69, 9.17) is 0 Å².